The molecule has 32 heteroatoms. The molecule has 6 aromatic heterocycles. The van der Waals surface area contributed by atoms with Gasteiger partial charge >= 0.3 is 35.8 Å². The number of nitrogens with zero attached hydrogens (tertiary/aromatic N) is 14. The van der Waals surface area contributed by atoms with Crippen LogP contribution in [0.15, 0.2) is 110 Å². The van der Waals surface area contributed by atoms with Crippen LogP contribution in [-0.2, 0) is 38.2 Å². The molecule has 12 N–H and O–H groups in total. The monoisotopic (exact) mass is 1240 g/mol. The number of nitrogen functional groups attached to an aromatic ring is 2. The van der Waals surface area contributed by atoms with Crippen molar-refractivity contribution in [2.24, 2.45) is 0 Å². The Labute approximate surface area is 513 Å². The predicted molar refractivity (Wildman–Crippen MR) is 327 cm³/mol. The van der Waals surface area contributed by atoms with Crippen LogP contribution in [0, 0.1) is 0 Å². The SMILES string of the molecule is Nc1cncc(-c2cn3ccnc3c(Nc3ccc(N4CCN(C5COC5)CC4)cc3)n2)n1.Nc1cncc(-c2cn3ccnc3c(Nc3ccc(N4CCN(C5COC5)CC4)cc3)n2)n1.O=C(O)CCC(=O)O.O=C(O)CCC(=O)O.O=C(O)CCC(=O)O. The lowest BCUT2D eigenvalue weighted by Crippen LogP contribution is -2.56. The topological polar surface area (TPSA) is 443 Å². The molecule has 2 aromatic carbocycles. The third kappa shape index (κ3) is 19.4. The zero-order chi connectivity index (χ0) is 64.1. The molecule has 0 amide bonds. The summed E-state index contributed by atoms with van der Waals surface area (Å²) in [5.41, 5.74) is 20.0. The van der Waals surface area contributed by atoms with Crippen molar-refractivity contribution in [3.05, 3.63) is 110 Å². The van der Waals surface area contributed by atoms with Gasteiger partial charge in [-0.05, 0) is 48.5 Å². The summed E-state index contributed by atoms with van der Waals surface area (Å²) in [4.78, 5) is 103. The molecule has 4 aliphatic heterocycles. The van der Waals surface area contributed by atoms with Gasteiger partial charge in [0.15, 0.2) is 22.9 Å². The number of ether oxygens (including phenoxy) is 2. The number of imidazole rings is 2. The molecule has 0 unspecified atom stereocenters. The van der Waals surface area contributed by atoms with Crippen molar-refractivity contribution in [3.8, 4) is 22.8 Å². The van der Waals surface area contributed by atoms with E-state index in [1.807, 2.05) is 33.6 Å². The number of nitrogens with one attached hydrogen (secondary N) is 2. The van der Waals surface area contributed by atoms with Crippen LogP contribution in [0.3, 0.4) is 0 Å². The third-order valence-corrected chi connectivity index (χ3v) is 14.1. The molecule has 0 aliphatic carbocycles. The molecule has 0 bridgehead atoms. The maximum absolute atomic E-state index is 9.64. The van der Waals surface area contributed by atoms with Gasteiger partial charge in [0.1, 0.15) is 34.4 Å². The second-order valence-corrected chi connectivity index (χ2v) is 20.6. The van der Waals surface area contributed by atoms with Crippen LogP contribution in [0.4, 0.5) is 46.0 Å². The smallest absolute Gasteiger partial charge is 0.303 e. The Morgan fingerprint density at radius 2 is 0.767 bits per heavy atom. The number of piperazine rings is 2. The number of aromatic nitrogens is 10. The number of anilines is 8. The number of aliphatic carboxylic acids is 6. The Morgan fingerprint density at radius 3 is 1.04 bits per heavy atom. The standard InChI is InChI=1S/2C23H25N9O.3C4H6O4/c2*24-21-12-25-11-19(28-21)20-13-32-6-5-26-23(32)22(29-20)27-16-1-3-17(4-2-16)30-7-9-31(10-8-30)18-14-33-15-18;3*5-3(6)1-2-4(7)8/h2*1-6,11-13,18H,7-10,14-15H2,(H2,24,28)(H,27,29);3*1-2H2,(H,5,6)(H,7,8). The minimum absolute atomic E-state index is 0.296. The third-order valence-electron chi connectivity index (χ3n) is 14.1. The van der Waals surface area contributed by atoms with Crippen molar-refractivity contribution in [1.82, 2.24) is 58.5 Å². The summed E-state index contributed by atoms with van der Waals surface area (Å²) in [7, 11) is 0. The Bertz CT molecular complexity index is 3410. The van der Waals surface area contributed by atoms with E-state index in [2.05, 4.69) is 109 Å². The molecule has 0 radical (unpaired) electrons. The van der Waals surface area contributed by atoms with Gasteiger partial charge in [-0.25, -0.2) is 29.9 Å². The summed E-state index contributed by atoms with van der Waals surface area (Å²) in [6, 6.07) is 18.2. The Balaban J connectivity index is 0.000000171. The number of carboxylic acids is 6. The van der Waals surface area contributed by atoms with Crippen molar-refractivity contribution >= 4 is 93.1 Å². The highest BCUT2D eigenvalue weighted by atomic mass is 16.5. The summed E-state index contributed by atoms with van der Waals surface area (Å²) < 4.78 is 14.5. The van der Waals surface area contributed by atoms with E-state index in [0.717, 1.165) is 101 Å². The molecule has 32 nitrogen and oxygen atoms in total. The normalized spacial score (nSPS) is 14.9. The Morgan fingerprint density at radius 1 is 0.444 bits per heavy atom. The van der Waals surface area contributed by atoms with Crippen LogP contribution in [0.2, 0.25) is 0 Å². The van der Waals surface area contributed by atoms with E-state index in [4.69, 9.17) is 61.5 Å². The summed E-state index contributed by atoms with van der Waals surface area (Å²) in [6.07, 6.45) is 15.5. The number of hydrogen-bond donors (Lipinski definition) is 10. The zero-order valence-electron chi connectivity index (χ0n) is 48.6. The highest BCUT2D eigenvalue weighted by molar-refractivity contribution is 5.78. The van der Waals surface area contributed by atoms with Gasteiger partial charge in [0, 0.05) is 112 Å². The molecule has 4 aliphatic rings. The number of carbonyl (C=O) groups is 6. The van der Waals surface area contributed by atoms with Gasteiger partial charge in [-0.3, -0.25) is 48.5 Å². The predicted octanol–water partition coefficient (Wildman–Crippen LogP) is 3.87. The minimum Gasteiger partial charge on any atom is -0.481 e. The fraction of sp³-hybridized carbons (Fsp3) is 0.345. The second-order valence-electron chi connectivity index (χ2n) is 20.6. The van der Waals surface area contributed by atoms with Crippen LogP contribution in [0.25, 0.3) is 34.1 Å². The van der Waals surface area contributed by atoms with E-state index in [1.165, 1.54) is 23.8 Å². The molecule has 0 saturated carbocycles. The van der Waals surface area contributed by atoms with Crippen LogP contribution < -0.4 is 31.9 Å². The van der Waals surface area contributed by atoms with Crippen LogP contribution in [0.5, 0.6) is 0 Å². The average molecular weight is 1240 g/mol. The lowest BCUT2D eigenvalue weighted by atomic mass is 10.1. The van der Waals surface area contributed by atoms with Gasteiger partial charge < -0.3 is 80.8 Å². The molecule has 10 heterocycles. The fourth-order valence-corrected chi connectivity index (χ4v) is 9.27. The molecule has 4 saturated heterocycles. The van der Waals surface area contributed by atoms with Crippen molar-refractivity contribution < 1.29 is 68.9 Å². The largest absolute Gasteiger partial charge is 0.481 e. The Kier molecular flexibility index (Phi) is 23.1. The summed E-state index contributed by atoms with van der Waals surface area (Å²) >= 11 is 0. The van der Waals surface area contributed by atoms with Gasteiger partial charge in [-0.1, -0.05) is 0 Å². The molecule has 90 heavy (non-hydrogen) atoms. The van der Waals surface area contributed by atoms with E-state index < -0.39 is 35.8 Å². The van der Waals surface area contributed by atoms with Crippen molar-refractivity contribution in [2.75, 3.05) is 111 Å². The lowest BCUT2D eigenvalue weighted by molar-refractivity contribution is -0.143. The quantitative estimate of drug-likeness (QED) is 0.0549. The molecular formula is C58H68N18O14. The highest BCUT2D eigenvalue weighted by Gasteiger charge is 2.30. The van der Waals surface area contributed by atoms with Crippen LogP contribution in [-0.4, -0.2) is 216 Å². The van der Waals surface area contributed by atoms with Gasteiger partial charge in [-0.15, -0.1) is 0 Å². The summed E-state index contributed by atoms with van der Waals surface area (Å²) in [6.45, 7) is 12.0. The van der Waals surface area contributed by atoms with E-state index >= 15 is 0 Å². The van der Waals surface area contributed by atoms with E-state index in [9.17, 15) is 28.8 Å². The number of hydrogen-bond acceptors (Lipinski definition) is 24. The first kappa shape index (κ1) is 65.3. The number of benzene rings is 2. The van der Waals surface area contributed by atoms with E-state index in [0.29, 0.717) is 58.1 Å². The van der Waals surface area contributed by atoms with Crippen molar-refractivity contribution in [3.63, 3.8) is 0 Å². The zero-order valence-corrected chi connectivity index (χ0v) is 48.6. The molecule has 0 atom stereocenters. The minimum atomic E-state index is -1.08. The van der Waals surface area contributed by atoms with Gasteiger partial charge in [-0.2, -0.15) is 0 Å². The van der Waals surface area contributed by atoms with Crippen LogP contribution in [0.1, 0.15) is 38.5 Å². The number of fused-ring (bicyclic) bond motifs is 2. The van der Waals surface area contributed by atoms with Gasteiger partial charge in [0.05, 0.1) is 102 Å². The van der Waals surface area contributed by atoms with Gasteiger partial charge in [0.2, 0.25) is 0 Å². The van der Waals surface area contributed by atoms with Gasteiger partial charge in [0.25, 0.3) is 0 Å². The fourth-order valence-electron chi connectivity index (χ4n) is 9.27. The van der Waals surface area contributed by atoms with Crippen molar-refractivity contribution in [1.29, 1.82) is 0 Å². The molecule has 0 spiro atoms. The first-order chi connectivity index (χ1) is 43.3. The molecule has 12 rings (SSSR count). The Hall–Kier alpha value is -10.7. The highest BCUT2D eigenvalue weighted by Crippen LogP contribution is 2.29. The molecule has 4 fully saturated rings. The summed E-state index contributed by atoms with van der Waals surface area (Å²) in [5.74, 6) is -4.46. The average Bonchev–Trinajstić information content (AvgIpc) is 1.59. The van der Waals surface area contributed by atoms with E-state index in [-0.39, 0.29) is 38.5 Å². The number of carboxylic acid groups (broad SMARTS) is 6. The molecule has 474 valence electrons. The lowest BCUT2D eigenvalue weighted by Gasteiger charge is -2.43. The summed E-state index contributed by atoms with van der Waals surface area (Å²) in [5, 5.41) is 54.2. The number of nitrogens with two attached hydrogens (primary N) is 2. The first-order valence-corrected chi connectivity index (χ1v) is 28.4. The molecule has 8 aromatic rings. The maximum Gasteiger partial charge on any atom is 0.303 e. The maximum atomic E-state index is 9.64. The van der Waals surface area contributed by atoms with Crippen molar-refractivity contribution in [2.45, 2.75) is 50.6 Å². The number of rotatable bonds is 19. The van der Waals surface area contributed by atoms with E-state index in [1.54, 1.807) is 24.8 Å². The molecular weight excluding hydrogens is 1170 g/mol. The second kappa shape index (κ2) is 31.8. The first-order valence-electron chi connectivity index (χ1n) is 28.4. The van der Waals surface area contributed by atoms with Crippen LogP contribution >= 0.6 is 0 Å².